The molecule has 2 aromatic heterocycles. The molecular formula is C22H26N2. The quantitative estimate of drug-likeness (QED) is 0.644. The van der Waals surface area contributed by atoms with Gasteiger partial charge in [-0.3, -0.25) is 4.98 Å². The molecule has 124 valence electrons. The van der Waals surface area contributed by atoms with E-state index in [1.54, 1.807) is 0 Å². The number of nitrogens with one attached hydrogen (secondary N) is 1. The number of hydrogen-bond donors (Lipinski definition) is 1. The molecule has 0 bridgehead atoms. The van der Waals surface area contributed by atoms with Crippen molar-refractivity contribution in [1.82, 2.24) is 9.97 Å². The first-order valence-electron chi connectivity index (χ1n) is 9.31. The summed E-state index contributed by atoms with van der Waals surface area (Å²) in [6.07, 6.45) is 9.85. The Morgan fingerprint density at radius 2 is 1.96 bits per heavy atom. The molecule has 0 radical (unpaired) electrons. The van der Waals surface area contributed by atoms with Crippen LogP contribution < -0.4 is 0 Å². The van der Waals surface area contributed by atoms with E-state index in [0.29, 0.717) is 0 Å². The summed E-state index contributed by atoms with van der Waals surface area (Å²) in [5.74, 6) is 0.897. The van der Waals surface area contributed by atoms with Gasteiger partial charge >= 0.3 is 0 Å². The molecular weight excluding hydrogens is 292 g/mol. The number of rotatable bonds is 4. The Morgan fingerprint density at radius 3 is 2.71 bits per heavy atom. The van der Waals surface area contributed by atoms with E-state index in [2.05, 4.69) is 54.1 Å². The van der Waals surface area contributed by atoms with Crippen LogP contribution >= 0.6 is 0 Å². The number of H-pyrrole nitrogens is 1. The first-order chi connectivity index (χ1) is 11.7. The van der Waals surface area contributed by atoms with Gasteiger partial charge in [0.2, 0.25) is 0 Å². The Hall–Kier alpha value is -2.09. The van der Waals surface area contributed by atoms with E-state index in [-0.39, 0.29) is 0 Å². The summed E-state index contributed by atoms with van der Waals surface area (Å²) in [6, 6.07) is 11.3. The Bertz CT molecular complexity index is 854. The largest absolute Gasteiger partial charge is 0.354 e. The van der Waals surface area contributed by atoms with Crippen LogP contribution in [0.5, 0.6) is 0 Å². The minimum atomic E-state index is 0.897. The third-order valence-electron chi connectivity index (χ3n) is 5.51. The first kappa shape index (κ1) is 15.4. The van der Waals surface area contributed by atoms with E-state index in [9.17, 15) is 0 Å². The number of aromatic nitrogens is 2. The molecule has 0 atom stereocenters. The minimum absolute atomic E-state index is 0.897. The highest BCUT2D eigenvalue weighted by Crippen LogP contribution is 2.33. The van der Waals surface area contributed by atoms with E-state index in [1.807, 2.05) is 6.20 Å². The maximum atomic E-state index is 4.33. The third kappa shape index (κ3) is 2.86. The fraction of sp³-hybridized carbons (Fsp3) is 0.409. The Labute approximate surface area is 144 Å². The van der Waals surface area contributed by atoms with Gasteiger partial charge in [-0.1, -0.05) is 38.7 Å². The molecule has 1 saturated carbocycles. The van der Waals surface area contributed by atoms with Gasteiger partial charge in [0, 0.05) is 34.1 Å². The number of aromatic amines is 1. The molecule has 1 fully saturated rings. The number of nitrogens with zero attached hydrogens (tertiary/aromatic N) is 1. The molecule has 0 saturated heterocycles. The maximum absolute atomic E-state index is 4.33. The molecule has 1 aromatic carbocycles. The summed E-state index contributed by atoms with van der Waals surface area (Å²) in [5.41, 5.74) is 7.76. The molecule has 1 aliphatic rings. The first-order valence-corrected chi connectivity index (χ1v) is 9.31. The van der Waals surface area contributed by atoms with Crippen LogP contribution in [0.1, 0.15) is 49.4 Å². The van der Waals surface area contributed by atoms with Crippen molar-refractivity contribution in [3.63, 3.8) is 0 Å². The second-order valence-corrected chi connectivity index (χ2v) is 7.25. The molecule has 0 aliphatic heterocycles. The van der Waals surface area contributed by atoms with Gasteiger partial charge in [0.15, 0.2) is 0 Å². The van der Waals surface area contributed by atoms with Crippen LogP contribution in [-0.2, 0) is 12.8 Å². The van der Waals surface area contributed by atoms with Crippen LogP contribution in [0.2, 0.25) is 0 Å². The lowest BCUT2D eigenvalue weighted by Gasteiger charge is -2.09. The monoisotopic (exact) mass is 318 g/mol. The highest BCUT2D eigenvalue weighted by molar-refractivity contribution is 5.91. The molecule has 4 rings (SSSR count). The summed E-state index contributed by atoms with van der Waals surface area (Å²) in [5, 5.41) is 1.40. The van der Waals surface area contributed by atoms with Gasteiger partial charge in [-0.15, -0.1) is 0 Å². The predicted octanol–water partition coefficient (Wildman–Crippen LogP) is 5.83. The van der Waals surface area contributed by atoms with Gasteiger partial charge in [0.1, 0.15) is 0 Å². The van der Waals surface area contributed by atoms with Crippen LogP contribution in [0.3, 0.4) is 0 Å². The number of benzene rings is 1. The molecule has 1 aliphatic carbocycles. The molecule has 24 heavy (non-hydrogen) atoms. The summed E-state index contributed by atoms with van der Waals surface area (Å²) in [4.78, 5) is 7.98. The molecule has 0 unspecified atom stereocenters. The average Bonchev–Trinajstić information content (AvgIpc) is 3.21. The minimum Gasteiger partial charge on any atom is -0.354 e. The second-order valence-electron chi connectivity index (χ2n) is 7.25. The fourth-order valence-electron chi connectivity index (χ4n) is 4.28. The molecule has 2 heteroatoms. The highest BCUT2D eigenvalue weighted by atomic mass is 14.7. The van der Waals surface area contributed by atoms with Crippen molar-refractivity contribution in [3.8, 4) is 11.3 Å². The van der Waals surface area contributed by atoms with Crippen LogP contribution in [0.25, 0.3) is 22.2 Å². The standard InChI is InChI=1S/C22H26N2/c1-3-19-20-14-17(13-16-6-4-5-7-16)8-9-21(20)24-22(19)18-10-11-23-15(2)12-18/h8-12,14,16,24H,3-7,13H2,1-2H3. The van der Waals surface area contributed by atoms with Crippen LogP contribution in [-0.4, -0.2) is 9.97 Å². The van der Waals surface area contributed by atoms with E-state index in [0.717, 1.165) is 18.0 Å². The average molecular weight is 318 g/mol. The third-order valence-corrected chi connectivity index (χ3v) is 5.51. The van der Waals surface area contributed by atoms with Crippen LogP contribution in [0.15, 0.2) is 36.5 Å². The fourth-order valence-corrected chi connectivity index (χ4v) is 4.28. The normalized spacial score (nSPS) is 15.4. The molecule has 0 amide bonds. The zero-order valence-electron chi connectivity index (χ0n) is 14.7. The van der Waals surface area contributed by atoms with Crippen molar-refractivity contribution in [2.24, 2.45) is 5.92 Å². The summed E-state index contributed by atoms with van der Waals surface area (Å²) >= 11 is 0. The Kier molecular flexibility index (Phi) is 4.13. The van der Waals surface area contributed by atoms with Gasteiger partial charge in [-0.2, -0.15) is 0 Å². The van der Waals surface area contributed by atoms with Gasteiger partial charge < -0.3 is 4.98 Å². The second kappa shape index (κ2) is 6.43. The van der Waals surface area contributed by atoms with Gasteiger partial charge in [-0.05, 0) is 61.1 Å². The molecule has 0 spiro atoms. The van der Waals surface area contributed by atoms with Gasteiger partial charge in [0.05, 0.1) is 0 Å². The van der Waals surface area contributed by atoms with Crippen molar-refractivity contribution >= 4 is 10.9 Å². The van der Waals surface area contributed by atoms with Crippen LogP contribution in [0, 0.1) is 12.8 Å². The number of hydrogen-bond acceptors (Lipinski definition) is 1. The van der Waals surface area contributed by atoms with Crippen molar-refractivity contribution in [3.05, 3.63) is 53.3 Å². The Morgan fingerprint density at radius 1 is 1.12 bits per heavy atom. The lowest BCUT2D eigenvalue weighted by molar-refractivity contribution is 0.547. The highest BCUT2D eigenvalue weighted by Gasteiger charge is 2.17. The summed E-state index contributed by atoms with van der Waals surface area (Å²) in [7, 11) is 0. The summed E-state index contributed by atoms with van der Waals surface area (Å²) in [6.45, 7) is 4.31. The molecule has 2 heterocycles. The summed E-state index contributed by atoms with van der Waals surface area (Å²) < 4.78 is 0. The van der Waals surface area contributed by atoms with E-state index in [1.165, 1.54) is 65.4 Å². The Balaban J connectivity index is 1.76. The van der Waals surface area contributed by atoms with Crippen LogP contribution in [0.4, 0.5) is 0 Å². The molecule has 1 N–H and O–H groups in total. The van der Waals surface area contributed by atoms with Crippen molar-refractivity contribution in [2.45, 2.75) is 52.4 Å². The topological polar surface area (TPSA) is 28.7 Å². The van der Waals surface area contributed by atoms with Gasteiger partial charge in [0.25, 0.3) is 0 Å². The smallest absolute Gasteiger partial charge is 0.0498 e. The molecule has 3 aromatic rings. The van der Waals surface area contributed by atoms with Crippen molar-refractivity contribution in [2.75, 3.05) is 0 Å². The lowest BCUT2D eigenvalue weighted by atomic mass is 9.96. The maximum Gasteiger partial charge on any atom is 0.0498 e. The van der Waals surface area contributed by atoms with E-state index >= 15 is 0 Å². The van der Waals surface area contributed by atoms with Crippen molar-refractivity contribution in [1.29, 1.82) is 0 Å². The lowest BCUT2D eigenvalue weighted by Crippen LogP contribution is -1.98. The number of pyridine rings is 1. The SMILES string of the molecule is CCc1c(-c2ccnc(C)c2)[nH]c2ccc(CC3CCCC3)cc12. The van der Waals surface area contributed by atoms with Crippen molar-refractivity contribution < 1.29 is 0 Å². The number of aryl methyl sites for hydroxylation is 2. The predicted molar refractivity (Wildman–Crippen MR) is 101 cm³/mol. The molecule has 2 nitrogen and oxygen atoms in total. The van der Waals surface area contributed by atoms with Gasteiger partial charge in [-0.25, -0.2) is 0 Å². The van der Waals surface area contributed by atoms with E-state index < -0.39 is 0 Å². The zero-order chi connectivity index (χ0) is 16.5. The van der Waals surface area contributed by atoms with E-state index in [4.69, 9.17) is 0 Å². The zero-order valence-corrected chi connectivity index (χ0v) is 14.7. The number of fused-ring (bicyclic) bond motifs is 1.